The summed E-state index contributed by atoms with van der Waals surface area (Å²) in [6.45, 7) is 8.14. The summed E-state index contributed by atoms with van der Waals surface area (Å²) in [4.78, 5) is 24.1. The van der Waals surface area contributed by atoms with Crippen LogP contribution in [0.1, 0.15) is 25.1 Å². The topological polar surface area (TPSA) is 102 Å². The van der Waals surface area contributed by atoms with E-state index in [4.69, 9.17) is 5.73 Å². The number of hydrogen-bond acceptors (Lipinski definition) is 6. The fourth-order valence-corrected chi connectivity index (χ4v) is 4.91. The number of aryl methyl sites for hydroxylation is 2. The Hall–Kier alpha value is -4.31. The van der Waals surface area contributed by atoms with Gasteiger partial charge in [-0.3, -0.25) is 14.1 Å². The summed E-state index contributed by atoms with van der Waals surface area (Å²) in [5.41, 5.74) is 9.59. The molecular weight excluding hydrogens is 502 g/mol. The molecule has 0 spiro atoms. The summed E-state index contributed by atoms with van der Waals surface area (Å²) < 4.78 is 29.9. The van der Waals surface area contributed by atoms with Crippen LogP contribution < -0.4 is 16.3 Å². The molecular formula is C29H30F2N6O2. The Morgan fingerprint density at radius 1 is 1.23 bits per heavy atom. The molecule has 0 unspecified atom stereocenters. The first-order valence-electron chi connectivity index (χ1n) is 12.4. The third kappa shape index (κ3) is 4.50. The minimum Gasteiger partial charge on any atom is -0.404 e. The van der Waals surface area contributed by atoms with Gasteiger partial charge < -0.3 is 15.7 Å². The number of halogens is 2. The molecule has 10 heteroatoms. The smallest absolute Gasteiger partial charge is 0.333 e. The first-order valence-corrected chi connectivity index (χ1v) is 12.4. The molecule has 5 rings (SSSR count). The third-order valence-corrected chi connectivity index (χ3v) is 7.09. The molecule has 202 valence electrons. The van der Waals surface area contributed by atoms with Gasteiger partial charge in [0.15, 0.2) is 0 Å². The average Bonchev–Trinajstić information content (AvgIpc) is 3.12. The van der Waals surface area contributed by atoms with Gasteiger partial charge in [-0.15, -0.1) is 0 Å². The number of nitrogens with two attached hydrogens (primary N) is 1. The molecule has 1 aliphatic rings. The minimum atomic E-state index is -2.71. The summed E-state index contributed by atoms with van der Waals surface area (Å²) in [7, 11) is 1.67. The Morgan fingerprint density at radius 3 is 2.54 bits per heavy atom. The van der Waals surface area contributed by atoms with E-state index in [-0.39, 0.29) is 18.8 Å². The standard InChI is InChI=1S/C29H30F2N6O2/c1-6-20(28(3,4)39)11-19(13-32)18-7-8-22-21(12-18)26-24(14-33-22)35(5)27(38)37(26)23-9-10-25(34-17(23)2)36-15-29(30,31)16-36/h6-14,39H,1,15-16,32H2,2-5H3/b19-13+,20-11+. The predicted molar refractivity (Wildman–Crippen MR) is 150 cm³/mol. The van der Waals surface area contributed by atoms with E-state index in [1.807, 2.05) is 18.2 Å². The molecule has 8 nitrogen and oxygen atoms in total. The van der Waals surface area contributed by atoms with Gasteiger partial charge in [0, 0.05) is 18.6 Å². The van der Waals surface area contributed by atoms with Crippen LogP contribution in [0.4, 0.5) is 14.6 Å². The Kier molecular flexibility index (Phi) is 6.18. The molecule has 0 atom stereocenters. The van der Waals surface area contributed by atoms with Crippen LogP contribution in [0.2, 0.25) is 0 Å². The lowest BCUT2D eigenvalue weighted by Gasteiger charge is -2.39. The van der Waals surface area contributed by atoms with Gasteiger partial charge in [-0.05, 0) is 67.8 Å². The summed E-state index contributed by atoms with van der Waals surface area (Å²) in [5, 5.41) is 11.2. The molecule has 3 N–H and O–H groups in total. The van der Waals surface area contributed by atoms with Gasteiger partial charge in [0.1, 0.15) is 5.82 Å². The van der Waals surface area contributed by atoms with E-state index in [0.717, 1.165) is 5.56 Å². The van der Waals surface area contributed by atoms with Crippen LogP contribution in [-0.4, -0.2) is 48.8 Å². The van der Waals surface area contributed by atoms with Gasteiger partial charge in [-0.2, -0.15) is 0 Å². The zero-order valence-corrected chi connectivity index (χ0v) is 22.2. The van der Waals surface area contributed by atoms with Gasteiger partial charge in [-0.1, -0.05) is 18.7 Å². The lowest BCUT2D eigenvalue weighted by atomic mass is 9.93. The van der Waals surface area contributed by atoms with Crippen LogP contribution in [0.15, 0.2) is 71.8 Å². The molecule has 4 heterocycles. The Morgan fingerprint density at radius 2 is 1.95 bits per heavy atom. The SMILES string of the molecule is C=C/C(=C\C(=C/N)c1ccc2ncc3c(c2c1)n(-c1ccc(N2CC(F)(F)C2)nc1C)c(=O)n3C)C(C)(C)O. The quantitative estimate of drug-likeness (QED) is 0.361. The largest absolute Gasteiger partial charge is 0.404 e. The average molecular weight is 533 g/mol. The van der Waals surface area contributed by atoms with Gasteiger partial charge in [-0.25, -0.2) is 18.6 Å². The number of aromatic nitrogens is 4. The van der Waals surface area contributed by atoms with E-state index in [0.29, 0.717) is 50.3 Å². The molecule has 1 aromatic carbocycles. The normalized spacial score (nSPS) is 16.1. The highest BCUT2D eigenvalue weighted by Crippen LogP contribution is 2.33. The highest BCUT2D eigenvalue weighted by molar-refractivity contribution is 6.04. The molecule has 1 aliphatic heterocycles. The van der Waals surface area contributed by atoms with Crippen molar-refractivity contribution in [1.29, 1.82) is 0 Å². The number of pyridine rings is 2. The van der Waals surface area contributed by atoms with Crippen molar-refractivity contribution in [2.75, 3.05) is 18.0 Å². The van der Waals surface area contributed by atoms with Crippen molar-refractivity contribution >= 4 is 33.3 Å². The Balaban J connectivity index is 1.70. The number of benzene rings is 1. The number of alkyl halides is 2. The number of fused-ring (bicyclic) bond motifs is 3. The highest BCUT2D eigenvalue weighted by atomic mass is 19.3. The molecule has 3 aromatic heterocycles. The van der Waals surface area contributed by atoms with Crippen LogP contribution in [0, 0.1) is 6.92 Å². The van der Waals surface area contributed by atoms with Crippen molar-refractivity contribution in [3.05, 3.63) is 88.8 Å². The summed E-state index contributed by atoms with van der Waals surface area (Å²) in [6, 6.07) is 9.01. The van der Waals surface area contributed by atoms with E-state index >= 15 is 0 Å². The molecule has 1 fully saturated rings. The van der Waals surface area contributed by atoms with Crippen LogP contribution >= 0.6 is 0 Å². The van der Waals surface area contributed by atoms with Crippen LogP contribution in [-0.2, 0) is 7.05 Å². The van der Waals surface area contributed by atoms with Crippen molar-refractivity contribution in [3.63, 3.8) is 0 Å². The number of allylic oxidation sites excluding steroid dienone is 2. The van der Waals surface area contributed by atoms with Crippen molar-refractivity contribution in [1.82, 2.24) is 19.1 Å². The fourth-order valence-electron chi connectivity index (χ4n) is 4.91. The molecule has 1 saturated heterocycles. The number of imidazole rings is 1. The summed E-state index contributed by atoms with van der Waals surface area (Å²) in [5.74, 6) is -2.27. The van der Waals surface area contributed by atoms with Gasteiger partial charge in [0.25, 0.3) is 5.92 Å². The number of anilines is 1. The molecule has 0 radical (unpaired) electrons. The van der Waals surface area contributed by atoms with E-state index in [2.05, 4.69) is 16.5 Å². The maximum atomic E-state index is 13.5. The zero-order valence-electron chi connectivity index (χ0n) is 22.2. The highest BCUT2D eigenvalue weighted by Gasteiger charge is 2.44. The predicted octanol–water partition coefficient (Wildman–Crippen LogP) is 4.22. The van der Waals surface area contributed by atoms with E-state index in [9.17, 15) is 18.7 Å². The summed E-state index contributed by atoms with van der Waals surface area (Å²) in [6.07, 6.45) is 6.46. The second kappa shape index (κ2) is 9.16. The Labute approximate surface area is 224 Å². The number of aliphatic hydroxyl groups is 1. The second-order valence-corrected chi connectivity index (χ2v) is 10.4. The van der Waals surface area contributed by atoms with Crippen LogP contribution in [0.5, 0.6) is 0 Å². The van der Waals surface area contributed by atoms with Crippen LogP contribution in [0.3, 0.4) is 0 Å². The lowest BCUT2D eigenvalue weighted by Crippen LogP contribution is -2.56. The molecule has 0 saturated carbocycles. The van der Waals surface area contributed by atoms with Crippen molar-refractivity contribution in [3.8, 4) is 5.69 Å². The number of rotatable bonds is 6. The van der Waals surface area contributed by atoms with E-state index in [1.54, 1.807) is 62.9 Å². The first kappa shape index (κ1) is 26.3. The van der Waals surface area contributed by atoms with Crippen molar-refractivity contribution in [2.45, 2.75) is 32.3 Å². The number of hydrogen-bond donors (Lipinski definition) is 2. The van der Waals surface area contributed by atoms with Crippen molar-refractivity contribution < 1.29 is 13.9 Å². The van der Waals surface area contributed by atoms with Crippen LogP contribution in [0.25, 0.3) is 33.2 Å². The molecule has 0 amide bonds. The maximum absolute atomic E-state index is 13.5. The lowest BCUT2D eigenvalue weighted by molar-refractivity contribution is -0.0267. The Bertz CT molecular complexity index is 1750. The fraction of sp³-hybridized carbons (Fsp3) is 0.276. The van der Waals surface area contributed by atoms with Gasteiger partial charge >= 0.3 is 5.69 Å². The van der Waals surface area contributed by atoms with E-state index < -0.39 is 11.5 Å². The van der Waals surface area contributed by atoms with E-state index in [1.165, 1.54) is 15.7 Å². The molecule has 0 bridgehead atoms. The minimum absolute atomic E-state index is 0.289. The van der Waals surface area contributed by atoms with Gasteiger partial charge in [0.2, 0.25) is 0 Å². The first-order chi connectivity index (χ1) is 18.3. The number of nitrogens with zero attached hydrogens (tertiary/aromatic N) is 5. The summed E-state index contributed by atoms with van der Waals surface area (Å²) >= 11 is 0. The maximum Gasteiger partial charge on any atom is 0.333 e. The van der Waals surface area contributed by atoms with Crippen molar-refractivity contribution in [2.24, 2.45) is 12.8 Å². The zero-order chi connectivity index (χ0) is 28.3. The molecule has 0 aliphatic carbocycles. The molecule has 4 aromatic rings. The third-order valence-electron chi connectivity index (χ3n) is 7.09. The monoisotopic (exact) mass is 532 g/mol. The molecule has 39 heavy (non-hydrogen) atoms. The van der Waals surface area contributed by atoms with Gasteiger partial charge in [0.05, 0.1) is 52.8 Å². The second-order valence-electron chi connectivity index (χ2n) is 10.4.